The van der Waals surface area contributed by atoms with Gasteiger partial charge in [-0.05, 0) is 48.4 Å². The Labute approximate surface area is 210 Å². The van der Waals surface area contributed by atoms with Crippen LogP contribution in [-0.2, 0) is 16.1 Å². The molecule has 0 bridgehead atoms. The number of benzene rings is 3. The van der Waals surface area contributed by atoms with Crippen molar-refractivity contribution in [3.8, 4) is 11.5 Å². The minimum Gasteiger partial charge on any atom is -0.455 e. The molecule has 0 aliphatic carbocycles. The number of nitrogens with two attached hydrogens (primary N) is 1. The second-order valence-corrected chi connectivity index (χ2v) is 8.97. The SMILES string of the molecule is NC1CCN(C(=O)CN(CC(=O)NCc2ccc(Cl)cc2)c2ccccc2Oc2ccccc2)C1. The molecular formula is C27H29ClN4O3. The number of para-hydroxylation sites is 3. The molecule has 1 unspecified atom stereocenters. The van der Waals surface area contributed by atoms with Crippen LogP contribution >= 0.6 is 11.6 Å². The van der Waals surface area contributed by atoms with Crippen LogP contribution in [0.2, 0.25) is 5.02 Å². The summed E-state index contributed by atoms with van der Waals surface area (Å²) >= 11 is 5.95. The Morgan fingerprint density at radius 1 is 1.00 bits per heavy atom. The third kappa shape index (κ3) is 6.97. The highest BCUT2D eigenvalue weighted by molar-refractivity contribution is 6.30. The molecule has 8 heteroatoms. The van der Waals surface area contributed by atoms with E-state index in [9.17, 15) is 9.59 Å². The minimum absolute atomic E-state index is 0.00557. The van der Waals surface area contributed by atoms with Crippen molar-refractivity contribution in [3.05, 3.63) is 89.4 Å². The predicted octanol–water partition coefficient (Wildman–Crippen LogP) is 3.81. The number of nitrogens with one attached hydrogen (secondary N) is 1. The van der Waals surface area contributed by atoms with Gasteiger partial charge < -0.3 is 25.6 Å². The number of halogens is 1. The molecule has 1 saturated heterocycles. The molecule has 0 aromatic heterocycles. The van der Waals surface area contributed by atoms with Gasteiger partial charge in [0.05, 0.1) is 18.8 Å². The molecule has 2 amide bonds. The Balaban J connectivity index is 1.51. The first kappa shape index (κ1) is 24.6. The fraction of sp³-hybridized carbons (Fsp3) is 0.259. The molecule has 3 N–H and O–H groups in total. The van der Waals surface area contributed by atoms with E-state index in [0.717, 1.165) is 12.0 Å². The smallest absolute Gasteiger partial charge is 0.242 e. The lowest BCUT2D eigenvalue weighted by molar-refractivity contribution is -0.128. The van der Waals surface area contributed by atoms with Crippen molar-refractivity contribution >= 4 is 29.1 Å². The molecule has 7 nitrogen and oxygen atoms in total. The minimum atomic E-state index is -0.208. The quantitative estimate of drug-likeness (QED) is 0.474. The molecule has 4 rings (SSSR count). The van der Waals surface area contributed by atoms with E-state index in [1.165, 1.54) is 0 Å². The molecule has 35 heavy (non-hydrogen) atoms. The van der Waals surface area contributed by atoms with Crippen molar-refractivity contribution in [2.24, 2.45) is 5.73 Å². The molecule has 1 atom stereocenters. The number of anilines is 1. The summed E-state index contributed by atoms with van der Waals surface area (Å²) in [7, 11) is 0. The van der Waals surface area contributed by atoms with Crippen LogP contribution in [0.3, 0.4) is 0 Å². The van der Waals surface area contributed by atoms with Crippen LogP contribution in [0.15, 0.2) is 78.9 Å². The van der Waals surface area contributed by atoms with Gasteiger partial charge in [0, 0.05) is 30.7 Å². The number of hydrogen-bond acceptors (Lipinski definition) is 5. The van der Waals surface area contributed by atoms with E-state index >= 15 is 0 Å². The molecule has 1 heterocycles. The highest BCUT2D eigenvalue weighted by Gasteiger charge is 2.27. The predicted molar refractivity (Wildman–Crippen MR) is 138 cm³/mol. The van der Waals surface area contributed by atoms with Crippen LogP contribution < -0.4 is 20.7 Å². The standard InChI is InChI=1S/C27H29ClN4O3/c28-21-12-10-20(11-13-21)16-30-26(33)18-32(19-27(34)31-15-14-22(29)17-31)24-8-4-5-9-25(24)35-23-6-2-1-3-7-23/h1-13,22H,14-19,29H2,(H,30,33). The van der Waals surface area contributed by atoms with Gasteiger partial charge in [-0.3, -0.25) is 9.59 Å². The van der Waals surface area contributed by atoms with E-state index in [1.807, 2.05) is 66.7 Å². The van der Waals surface area contributed by atoms with E-state index in [2.05, 4.69) is 5.32 Å². The Hall–Kier alpha value is -3.55. The maximum Gasteiger partial charge on any atom is 0.242 e. The van der Waals surface area contributed by atoms with Crippen molar-refractivity contribution in [2.75, 3.05) is 31.1 Å². The topological polar surface area (TPSA) is 87.9 Å². The zero-order valence-electron chi connectivity index (χ0n) is 19.4. The van der Waals surface area contributed by atoms with E-state index in [-0.39, 0.29) is 30.9 Å². The van der Waals surface area contributed by atoms with Crippen LogP contribution in [0.5, 0.6) is 11.5 Å². The van der Waals surface area contributed by atoms with Crippen LogP contribution in [0, 0.1) is 0 Å². The van der Waals surface area contributed by atoms with Gasteiger partial charge in [-0.25, -0.2) is 0 Å². The van der Waals surface area contributed by atoms with E-state index < -0.39 is 0 Å². The molecule has 0 spiro atoms. The maximum absolute atomic E-state index is 13.1. The van der Waals surface area contributed by atoms with Gasteiger partial charge in [-0.2, -0.15) is 0 Å². The average Bonchev–Trinajstić information content (AvgIpc) is 3.31. The van der Waals surface area contributed by atoms with Crippen molar-refractivity contribution in [2.45, 2.75) is 19.0 Å². The number of carbonyl (C=O) groups is 2. The van der Waals surface area contributed by atoms with Crippen LogP contribution in [0.1, 0.15) is 12.0 Å². The number of rotatable bonds is 9. The highest BCUT2D eigenvalue weighted by atomic mass is 35.5. The van der Waals surface area contributed by atoms with E-state index in [1.54, 1.807) is 21.9 Å². The van der Waals surface area contributed by atoms with Gasteiger partial charge in [0.2, 0.25) is 11.8 Å². The van der Waals surface area contributed by atoms with Gasteiger partial charge >= 0.3 is 0 Å². The monoisotopic (exact) mass is 492 g/mol. The molecule has 182 valence electrons. The first-order valence-corrected chi connectivity index (χ1v) is 12.0. The highest BCUT2D eigenvalue weighted by Crippen LogP contribution is 2.32. The normalized spacial score (nSPS) is 15.0. The van der Waals surface area contributed by atoms with E-state index in [4.69, 9.17) is 22.1 Å². The first-order chi connectivity index (χ1) is 17.0. The maximum atomic E-state index is 13.1. The van der Waals surface area contributed by atoms with Crippen LogP contribution in [0.4, 0.5) is 5.69 Å². The molecule has 1 aliphatic heterocycles. The lowest BCUT2D eigenvalue weighted by Crippen LogP contribution is -2.44. The molecule has 1 fully saturated rings. The van der Waals surface area contributed by atoms with Crippen molar-refractivity contribution in [1.82, 2.24) is 10.2 Å². The fourth-order valence-electron chi connectivity index (χ4n) is 3.96. The summed E-state index contributed by atoms with van der Waals surface area (Å²) in [4.78, 5) is 29.5. The summed E-state index contributed by atoms with van der Waals surface area (Å²) in [5.41, 5.74) is 7.60. The Morgan fingerprint density at radius 3 is 2.43 bits per heavy atom. The van der Waals surface area contributed by atoms with Gasteiger partial charge in [0.1, 0.15) is 5.75 Å². The zero-order chi connectivity index (χ0) is 24.6. The van der Waals surface area contributed by atoms with Gasteiger partial charge in [-0.1, -0.05) is 54.1 Å². The van der Waals surface area contributed by atoms with Gasteiger partial charge in [-0.15, -0.1) is 0 Å². The number of likely N-dealkylation sites (tertiary alicyclic amines) is 1. The number of amides is 2. The Morgan fingerprint density at radius 2 is 1.71 bits per heavy atom. The first-order valence-electron chi connectivity index (χ1n) is 11.6. The number of ether oxygens (including phenoxy) is 1. The Bertz CT molecular complexity index is 1140. The van der Waals surface area contributed by atoms with E-state index in [0.29, 0.717) is 41.8 Å². The van der Waals surface area contributed by atoms with Crippen LogP contribution in [0.25, 0.3) is 0 Å². The second-order valence-electron chi connectivity index (χ2n) is 8.53. The molecular weight excluding hydrogens is 464 g/mol. The molecule has 1 aliphatic rings. The third-order valence-electron chi connectivity index (χ3n) is 5.82. The lowest BCUT2D eigenvalue weighted by atomic mass is 10.2. The zero-order valence-corrected chi connectivity index (χ0v) is 20.2. The summed E-state index contributed by atoms with van der Waals surface area (Å²) < 4.78 is 6.11. The average molecular weight is 493 g/mol. The fourth-order valence-corrected chi connectivity index (χ4v) is 4.08. The number of nitrogens with zero attached hydrogens (tertiary/aromatic N) is 2. The summed E-state index contributed by atoms with van der Waals surface area (Å²) in [6, 6.07) is 24.1. The summed E-state index contributed by atoms with van der Waals surface area (Å²) in [6.07, 6.45) is 0.779. The van der Waals surface area contributed by atoms with Crippen LogP contribution in [-0.4, -0.2) is 48.9 Å². The van der Waals surface area contributed by atoms with Crippen molar-refractivity contribution in [1.29, 1.82) is 0 Å². The largest absolute Gasteiger partial charge is 0.455 e. The molecule has 0 saturated carbocycles. The molecule has 0 radical (unpaired) electrons. The summed E-state index contributed by atoms with van der Waals surface area (Å²) in [5, 5.41) is 3.57. The number of carbonyl (C=O) groups excluding carboxylic acids is 2. The summed E-state index contributed by atoms with van der Waals surface area (Å²) in [6.45, 7) is 1.54. The second kappa shape index (κ2) is 11.7. The van der Waals surface area contributed by atoms with Crippen molar-refractivity contribution in [3.63, 3.8) is 0 Å². The number of hydrogen-bond donors (Lipinski definition) is 2. The molecule has 3 aromatic carbocycles. The molecule has 3 aromatic rings. The van der Waals surface area contributed by atoms with Gasteiger partial charge in [0.15, 0.2) is 5.75 Å². The van der Waals surface area contributed by atoms with Crippen molar-refractivity contribution < 1.29 is 14.3 Å². The Kier molecular flexibility index (Phi) is 8.23. The lowest BCUT2D eigenvalue weighted by Gasteiger charge is -2.28. The van der Waals surface area contributed by atoms with Gasteiger partial charge in [0.25, 0.3) is 0 Å². The third-order valence-corrected chi connectivity index (χ3v) is 6.07. The summed E-state index contributed by atoms with van der Waals surface area (Å²) in [5.74, 6) is 0.956.